The molecule has 3 rings (SSSR count). The summed E-state index contributed by atoms with van der Waals surface area (Å²) in [7, 11) is 3.56. The van der Waals surface area contributed by atoms with Crippen LogP contribution in [0.25, 0.3) is 22.2 Å². The van der Waals surface area contributed by atoms with Crippen molar-refractivity contribution < 1.29 is 4.79 Å². The lowest BCUT2D eigenvalue weighted by Gasteiger charge is -2.15. The number of nitrogens with zero attached hydrogens (tertiary/aromatic N) is 2. The molecule has 0 radical (unpaired) electrons. The highest BCUT2D eigenvalue weighted by molar-refractivity contribution is 6.00. The predicted molar refractivity (Wildman–Crippen MR) is 86.6 cm³/mol. The third-order valence-electron chi connectivity index (χ3n) is 3.75. The van der Waals surface area contributed by atoms with Gasteiger partial charge in [-0.3, -0.25) is 4.57 Å². The second kappa shape index (κ2) is 5.09. The van der Waals surface area contributed by atoms with Gasteiger partial charge in [0.15, 0.2) is 0 Å². The maximum Gasteiger partial charge on any atom is 0.328 e. The number of benzene rings is 2. The third-order valence-corrected chi connectivity index (χ3v) is 3.75. The van der Waals surface area contributed by atoms with E-state index in [1.807, 2.05) is 48.5 Å². The molecule has 0 bridgehead atoms. The summed E-state index contributed by atoms with van der Waals surface area (Å²) in [5.74, 6) is 0. The standard InChI is InChI=1S/C18H18N2O/c1-13-15-11-7-8-12-16(15)20(18(21)19(2)3)17(13)14-9-5-4-6-10-14/h4-12H,1-3H3. The van der Waals surface area contributed by atoms with Crippen LogP contribution in [0.3, 0.4) is 0 Å². The van der Waals surface area contributed by atoms with E-state index in [0.29, 0.717) is 0 Å². The molecular weight excluding hydrogens is 260 g/mol. The number of para-hydroxylation sites is 1. The largest absolute Gasteiger partial charge is 0.330 e. The van der Waals surface area contributed by atoms with Crippen molar-refractivity contribution in [2.45, 2.75) is 6.92 Å². The zero-order valence-corrected chi connectivity index (χ0v) is 12.5. The van der Waals surface area contributed by atoms with E-state index in [9.17, 15) is 4.79 Å². The fourth-order valence-electron chi connectivity index (χ4n) is 2.74. The van der Waals surface area contributed by atoms with E-state index in [1.165, 1.54) is 0 Å². The fraction of sp³-hybridized carbons (Fsp3) is 0.167. The Morgan fingerprint density at radius 1 is 0.952 bits per heavy atom. The Hall–Kier alpha value is -2.55. The van der Waals surface area contributed by atoms with Gasteiger partial charge in [0.25, 0.3) is 0 Å². The van der Waals surface area contributed by atoms with Gasteiger partial charge in [-0.15, -0.1) is 0 Å². The predicted octanol–water partition coefficient (Wildman–Crippen LogP) is 4.15. The van der Waals surface area contributed by atoms with Crippen molar-refractivity contribution in [3.05, 3.63) is 60.2 Å². The smallest absolute Gasteiger partial charge is 0.328 e. The van der Waals surface area contributed by atoms with Crippen LogP contribution in [0.5, 0.6) is 0 Å². The maximum atomic E-state index is 12.7. The van der Waals surface area contributed by atoms with Gasteiger partial charge in [0.05, 0.1) is 11.2 Å². The zero-order valence-electron chi connectivity index (χ0n) is 12.5. The van der Waals surface area contributed by atoms with Crippen LogP contribution in [-0.2, 0) is 0 Å². The molecule has 1 amide bonds. The highest BCUT2D eigenvalue weighted by Gasteiger charge is 2.20. The number of aromatic nitrogens is 1. The van der Waals surface area contributed by atoms with Crippen LogP contribution in [-0.4, -0.2) is 29.6 Å². The average molecular weight is 278 g/mol. The van der Waals surface area contributed by atoms with Gasteiger partial charge in [-0.25, -0.2) is 4.79 Å². The molecule has 0 unspecified atom stereocenters. The van der Waals surface area contributed by atoms with E-state index in [-0.39, 0.29) is 6.03 Å². The van der Waals surface area contributed by atoms with Gasteiger partial charge in [0, 0.05) is 19.5 Å². The van der Waals surface area contributed by atoms with E-state index in [1.54, 1.807) is 23.6 Å². The van der Waals surface area contributed by atoms with Gasteiger partial charge in [-0.2, -0.15) is 0 Å². The molecule has 0 saturated carbocycles. The molecule has 0 aliphatic rings. The average Bonchev–Trinajstić information content (AvgIpc) is 2.81. The molecule has 0 aliphatic heterocycles. The number of hydrogen-bond donors (Lipinski definition) is 0. The first-order chi connectivity index (χ1) is 10.1. The molecule has 1 heterocycles. The molecule has 0 spiro atoms. The highest BCUT2D eigenvalue weighted by Crippen LogP contribution is 2.33. The van der Waals surface area contributed by atoms with Crippen molar-refractivity contribution in [3.8, 4) is 11.3 Å². The van der Waals surface area contributed by atoms with Crippen LogP contribution in [0, 0.1) is 6.92 Å². The number of amides is 1. The van der Waals surface area contributed by atoms with Crippen LogP contribution in [0.2, 0.25) is 0 Å². The summed E-state index contributed by atoms with van der Waals surface area (Å²) in [6, 6.07) is 18.1. The summed E-state index contributed by atoms with van der Waals surface area (Å²) in [6.07, 6.45) is 0. The monoisotopic (exact) mass is 278 g/mol. The molecule has 21 heavy (non-hydrogen) atoms. The first-order valence-electron chi connectivity index (χ1n) is 6.98. The fourth-order valence-corrected chi connectivity index (χ4v) is 2.74. The van der Waals surface area contributed by atoms with Crippen molar-refractivity contribution in [2.75, 3.05) is 14.1 Å². The molecule has 2 aromatic carbocycles. The van der Waals surface area contributed by atoms with Gasteiger partial charge >= 0.3 is 6.03 Å². The minimum absolute atomic E-state index is 0.0295. The van der Waals surface area contributed by atoms with E-state index < -0.39 is 0 Å². The Morgan fingerprint density at radius 2 is 1.57 bits per heavy atom. The van der Waals surface area contributed by atoms with Gasteiger partial charge in [-0.05, 0) is 24.1 Å². The Labute approximate surface area is 124 Å². The molecule has 3 aromatic rings. The summed E-state index contributed by atoms with van der Waals surface area (Å²) in [5.41, 5.74) is 4.11. The minimum atomic E-state index is -0.0295. The lowest BCUT2D eigenvalue weighted by atomic mass is 10.1. The van der Waals surface area contributed by atoms with Crippen molar-refractivity contribution in [1.82, 2.24) is 9.47 Å². The van der Waals surface area contributed by atoms with E-state index in [4.69, 9.17) is 0 Å². The number of rotatable bonds is 1. The Bertz CT molecular complexity index is 801. The maximum absolute atomic E-state index is 12.7. The summed E-state index contributed by atoms with van der Waals surface area (Å²) >= 11 is 0. The Kier molecular flexibility index (Phi) is 3.26. The SMILES string of the molecule is Cc1c(-c2ccccc2)n(C(=O)N(C)C)c2ccccc12. The number of hydrogen-bond acceptors (Lipinski definition) is 1. The van der Waals surface area contributed by atoms with Crippen molar-refractivity contribution in [2.24, 2.45) is 0 Å². The molecule has 3 heteroatoms. The van der Waals surface area contributed by atoms with Gasteiger partial charge in [-0.1, -0.05) is 48.5 Å². The quantitative estimate of drug-likeness (QED) is 0.656. The van der Waals surface area contributed by atoms with Crippen molar-refractivity contribution >= 4 is 16.9 Å². The molecular formula is C18H18N2O. The van der Waals surface area contributed by atoms with Crippen LogP contribution in [0.4, 0.5) is 4.79 Å². The molecule has 0 aliphatic carbocycles. The van der Waals surface area contributed by atoms with Crippen LogP contribution >= 0.6 is 0 Å². The first-order valence-corrected chi connectivity index (χ1v) is 6.98. The summed E-state index contributed by atoms with van der Waals surface area (Å²) in [4.78, 5) is 14.3. The van der Waals surface area contributed by atoms with Crippen LogP contribution in [0.15, 0.2) is 54.6 Å². The van der Waals surface area contributed by atoms with Gasteiger partial charge in [0.1, 0.15) is 0 Å². The van der Waals surface area contributed by atoms with Gasteiger partial charge in [0.2, 0.25) is 0 Å². The lowest BCUT2D eigenvalue weighted by Crippen LogP contribution is -2.27. The summed E-state index contributed by atoms with van der Waals surface area (Å²) < 4.78 is 1.81. The van der Waals surface area contributed by atoms with Crippen LogP contribution in [0.1, 0.15) is 5.56 Å². The molecule has 3 nitrogen and oxygen atoms in total. The number of fused-ring (bicyclic) bond motifs is 1. The molecule has 1 aromatic heterocycles. The Morgan fingerprint density at radius 3 is 2.24 bits per heavy atom. The molecule has 0 saturated heterocycles. The Balaban J connectivity index is 2.40. The summed E-state index contributed by atoms with van der Waals surface area (Å²) in [6.45, 7) is 2.07. The molecule has 106 valence electrons. The first kappa shape index (κ1) is 13.4. The third kappa shape index (κ3) is 2.11. The number of carbonyl (C=O) groups excluding carboxylic acids is 1. The summed E-state index contributed by atoms with van der Waals surface area (Å²) in [5, 5.41) is 1.12. The minimum Gasteiger partial charge on any atom is -0.330 e. The number of carbonyl (C=O) groups is 1. The highest BCUT2D eigenvalue weighted by atomic mass is 16.2. The van der Waals surface area contributed by atoms with Crippen molar-refractivity contribution in [1.29, 1.82) is 0 Å². The normalized spacial score (nSPS) is 10.8. The molecule has 0 atom stereocenters. The molecule has 0 N–H and O–H groups in total. The van der Waals surface area contributed by atoms with Crippen LogP contribution < -0.4 is 0 Å². The van der Waals surface area contributed by atoms with E-state index >= 15 is 0 Å². The second-order valence-corrected chi connectivity index (χ2v) is 5.37. The zero-order chi connectivity index (χ0) is 15.0. The molecule has 0 fully saturated rings. The topological polar surface area (TPSA) is 25.2 Å². The lowest BCUT2D eigenvalue weighted by molar-refractivity contribution is 0.220. The van der Waals surface area contributed by atoms with Gasteiger partial charge < -0.3 is 4.90 Å². The van der Waals surface area contributed by atoms with Crippen molar-refractivity contribution in [3.63, 3.8) is 0 Å². The van der Waals surface area contributed by atoms with E-state index in [2.05, 4.69) is 13.0 Å². The number of aryl methyl sites for hydroxylation is 1. The second-order valence-electron chi connectivity index (χ2n) is 5.37. The van der Waals surface area contributed by atoms with E-state index in [0.717, 1.165) is 27.7 Å².